The summed E-state index contributed by atoms with van der Waals surface area (Å²) in [4.78, 5) is 50.3. The molecule has 10 heteroatoms. The first-order valence-corrected chi connectivity index (χ1v) is 11.6. The fraction of sp³-hybridized carbons (Fsp3) is 0.385. The Kier molecular flexibility index (Phi) is 7.44. The second kappa shape index (κ2) is 10.5. The first kappa shape index (κ1) is 25.4. The van der Waals surface area contributed by atoms with Gasteiger partial charge >= 0.3 is 5.92 Å². The van der Waals surface area contributed by atoms with Crippen molar-refractivity contribution < 1.29 is 37.4 Å². The maximum Gasteiger partial charge on any atom is 0.349 e. The van der Waals surface area contributed by atoms with E-state index in [9.17, 15) is 28.0 Å². The number of halogens is 2. The molecule has 1 aliphatic heterocycles. The number of amides is 2. The fourth-order valence-corrected chi connectivity index (χ4v) is 4.37. The molecule has 2 aromatic carbocycles. The van der Waals surface area contributed by atoms with E-state index in [1.165, 1.54) is 24.1 Å². The van der Waals surface area contributed by atoms with Gasteiger partial charge in [-0.25, -0.2) is 0 Å². The van der Waals surface area contributed by atoms with Crippen molar-refractivity contribution in [1.82, 2.24) is 10.2 Å². The maximum atomic E-state index is 14.7. The highest BCUT2D eigenvalue weighted by molar-refractivity contribution is 6.07. The van der Waals surface area contributed by atoms with E-state index < -0.39 is 23.4 Å². The zero-order chi connectivity index (χ0) is 25.9. The number of methoxy groups -OCH3 is 1. The number of ether oxygens (including phenoxy) is 2. The number of alkyl halides is 2. The molecule has 2 amide bonds. The third kappa shape index (κ3) is 5.28. The largest absolute Gasteiger partial charge is 0.491 e. The Morgan fingerprint density at radius 3 is 2.56 bits per heavy atom. The van der Waals surface area contributed by atoms with Crippen LogP contribution in [0.2, 0.25) is 0 Å². The molecule has 1 atom stereocenters. The standard InChI is InChI=1S/C26H26F2N2O6/c1-35-10-11-36-20-6-3-18(4-7-20)26(27,28)25(34)29-14-16-2-8-21-17(12-16)15-30(24(21)33)22-9-5-19(31)13-23(22)32/h2-4,6-8,12,22H,5,9-11,13-15H2,1H3,(H,29,34). The molecule has 4 rings (SSSR count). The van der Waals surface area contributed by atoms with Crippen LogP contribution in [-0.4, -0.2) is 54.6 Å². The van der Waals surface area contributed by atoms with E-state index in [4.69, 9.17) is 9.47 Å². The highest BCUT2D eigenvalue weighted by Crippen LogP contribution is 2.31. The summed E-state index contributed by atoms with van der Waals surface area (Å²) >= 11 is 0. The number of hydrogen-bond donors (Lipinski definition) is 1. The SMILES string of the molecule is COCCOc1ccc(C(F)(F)C(=O)NCc2ccc3c(c2)CN(C2CCC(=O)CC2=O)C3=O)cc1. The van der Waals surface area contributed by atoms with Crippen molar-refractivity contribution in [2.24, 2.45) is 0 Å². The minimum Gasteiger partial charge on any atom is -0.491 e. The van der Waals surface area contributed by atoms with E-state index in [1.54, 1.807) is 18.2 Å². The van der Waals surface area contributed by atoms with Crippen LogP contribution in [0.1, 0.15) is 46.3 Å². The molecule has 2 aromatic rings. The Morgan fingerprint density at radius 1 is 1.11 bits per heavy atom. The van der Waals surface area contributed by atoms with Crippen LogP contribution in [-0.2, 0) is 38.1 Å². The lowest BCUT2D eigenvalue weighted by atomic mass is 9.92. The van der Waals surface area contributed by atoms with E-state index in [-0.39, 0.29) is 50.0 Å². The second-order valence-electron chi connectivity index (χ2n) is 8.78. The monoisotopic (exact) mass is 500 g/mol. The predicted octanol–water partition coefficient (Wildman–Crippen LogP) is 2.77. The van der Waals surface area contributed by atoms with Gasteiger partial charge in [-0.1, -0.05) is 12.1 Å². The Labute approximate surface area is 206 Å². The predicted molar refractivity (Wildman–Crippen MR) is 124 cm³/mol. The van der Waals surface area contributed by atoms with Crippen molar-refractivity contribution in [3.63, 3.8) is 0 Å². The van der Waals surface area contributed by atoms with Gasteiger partial charge in [0.15, 0.2) is 5.78 Å². The molecule has 0 saturated heterocycles. The summed E-state index contributed by atoms with van der Waals surface area (Å²) in [6, 6.07) is 9.17. The summed E-state index contributed by atoms with van der Waals surface area (Å²) in [6.07, 6.45) is 0.390. The number of benzene rings is 2. The summed E-state index contributed by atoms with van der Waals surface area (Å²) < 4.78 is 39.6. The molecule has 0 aromatic heterocycles. The Balaban J connectivity index is 1.37. The first-order valence-electron chi connectivity index (χ1n) is 11.6. The second-order valence-corrected chi connectivity index (χ2v) is 8.78. The van der Waals surface area contributed by atoms with E-state index >= 15 is 0 Å². The normalized spacial score (nSPS) is 17.8. The van der Waals surface area contributed by atoms with Gasteiger partial charge in [0.2, 0.25) is 0 Å². The smallest absolute Gasteiger partial charge is 0.349 e. The van der Waals surface area contributed by atoms with Gasteiger partial charge in [-0.3, -0.25) is 19.2 Å². The number of nitrogens with zero attached hydrogens (tertiary/aromatic N) is 1. The molecule has 8 nitrogen and oxygen atoms in total. The zero-order valence-electron chi connectivity index (χ0n) is 19.7. The topological polar surface area (TPSA) is 102 Å². The minimum atomic E-state index is -3.76. The molecule has 36 heavy (non-hydrogen) atoms. The van der Waals surface area contributed by atoms with Crippen LogP contribution in [0, 0.1) is 0 Å². The Hall–Kier alpha value is -3.66. The lowest BCUT2D eigenvalue weighted by Gasteiger charge is -2.29. The molecule has 0 bridgehead atoms. The third-order valence-electron chi connectivity index (χ3n) is 6.33. The molecule has 1 fully saturated rings. The number of rotatable bonds is 9. The zero-order valence-corrected chi connectivity index (χ0v) is 19.7. The number of hydrogen-bond acceptors (Lipinski definition) is 6. The molecular weight excluding hydrogens is 474 g/mol. The van der Waals surface area contributed by atoms with E-state index in [0.717, 1.165) is 12.1 Å². The highest BCUT2D eigenvalue weighted by atomic mass is 19.3. The quantitative estimate of drug-likeness (QED) is 0.420. The van der Waals surface area contributed by atoms with Gasteiger partial charge in [0.05, 0.1) is 19.1 Å². The van der Waals surface area contributed by atoms with Crippen LogP contribution in [0.25, 0.3) is 0 Å². The summed E-state index contributed by atoms with van der Waals surface area (Å²) in [5, 5.41) is 2.26. The molecule has 2 aliphatic rings. The van der Waals surface area contributed by atoms with E-state index in [1.807, 2.05) is 0 Å². The van der Waals surface area contributed by atoms with Crippen molar-refractivity contribution in [1.29, 1.82) is 0 Å². The molecule has 1 saturated carbocycles. The van der Waals surface area contributed by atoms with Gasteiger partial charge in [-0.2, -0.15) is 8.78 Å². The number of ketones is 2. The fourth-order valence-electron chi connectivity index (χ4n) is 4.37. The van der Waals surface area contributed by atoms with Gasteiger partial charge in [0, 0.05) is 37.7 Å². The Morgan fingerprint density at radius 2 is 1.86 bits per heavy atom. The van der Waals surface area contributed by atoms with Gasteiger partial charge < -0.3 is 19.7 Å². The van der Waals surface area contributed by atoms with Crippen LogP contribution >= 0.6 is 0 Å². The number of Topliss-reactive ketones (excluding diaryl/α,β-unsaturated/α-hetero) is 2. The van der Waals surface area contributed by atoms with Gasteiger partial charge in [0.1, 0.15) is 18.1 Å². The molecule has 0 radical (unpaired) electrons. The first-order chi connectivity index (χ1) is 17.2. The van der Waals surface area contributed by atoms with Gasteiger partial charge in [0.25, 0.3) is 11.8 Å². The minimum absolute atomic E-state index is 0.124. The summed E-state index contributed by atoms with van der Waals surface area (Å²) in [7, 11) is 1.52. The third-order valence-corrected chi connectivity index (χ3v) is 6.33. The van der Waals surface area contributed by atoms with Crippen LogP contribution < -0.4 is 10.1 Å². The van der Waals surface area contributed by atoms with E-state index in [0.29, 0.717) is 35.5 Å². The van der Waals surface area contributed by atoms with Crippen LogP contribution in [0.4, 0.5) is 8.78 Å². The molecule has 190 valence electrons. The lowest BCUT2D eigenvalue weighted by molar-refractivity contribution is -0.147. The van der Waals surface area contributed by atoms with Crippen molar-refractivity contribution >= 4 is 23.4 Å². The average Bonchev–Trinajstić information content (AvgIpc) is 3.18. The molecule has 1 N–H and O–H groups in total. The summed E-state index contributed by atoms with van der Waals surface area (Å²) in [5.74, 6) is -5.51. The van der Waals surface area contributed by atoms with Crippen molar-refractivity contribution in [2.75, 3.05) is 20.3 Å². The molecule has 0 spiro atoms. The lowest BCUT2D eigenvalue weighted by Crippen LogP contribution is -2.44. The van der Waals surface area contributed by atoms with Gasteiger partial charge in [-0.05, 0) is 47.9 Å². The number of carbonyl (C=O) groups is 4. The van der Waals surface area contributed by atoms with Crippen LogP contribution in [0.3, 0.4) is 0 Å². The number of fused-ring (bicyclic) bond motifs is 1. The number of nitrogens with one attached hydrogen (secondary N) is 1. The van der Waals surface area contributed by atoms with Crippen LogP contribution in [0.5, 0.6) is 5.75 Å². The average molecular weight is 500 g/mol. The van der Waals surface area contributed by atoms with Crippen molar-refractivity contribution in [3.8, 4) is 5.75 Å². The summed E-state index contributed by atoms with van der Waals surface area (Å²) in [6.45, 7) is 0.656. The molecule has 1 heterocycles. The Bertz CT molecular complexity index is 1180. The van der Waals surface area contributed by atoms with Gasteiger partial charge in [-0.15, -0.1) is 0 Å². The summed E-state index contributed by atoms with van der Waals surface area (Å²) in [5.41, 5.74) is 1.14. The van der Waals surface area contributed by atoms with Crippen LogP contribution in [0.15, 0.2) is 42.5 Å². The molecule has 1 unspecified atom stereocenters. The molecular formula is C26H26F2N2O6. The highest BCUT2D eigenvalue weighted by Gasteiger charge is 2.41. The molecule has 1 aliphatic carbocycles. The number of carbonyl (C=O) groups excluding carboxylic acids is 4. The van der Waals surface area contributed by atoms with E-state index in [2.05, 4.69) is 5.32 Å². The van der Waals surface area contributed by atoms with Crippen molar-refractivity contribution in [2.45, 2.75) is 44.3 Å². The van der Waals surface area contributed by atoms with Crippen molar-refractivity contribution in [3.05, 3.63) is 64.7 Å². The maximum absolute atomic E-state index is 14.7.